The zero-order valence-electron chi connectivity index (χ0n) is 18.2. The van der Waals surface area contributed by atoms with Gasteiger partial charge in [0.15, 0.2) is 0 Å². The number of piperazine rings is 1. The van der Waals surface area contributed by atoms with E-state index < -0.39 is 17.7 Å². The first-order chi connectivity index (χ1) is 14.7. The molecule has 1 unspecified atom stereocenters. The first-order valence-corrected chi connectivity index (χ1v) is 10.8. The molecule has 2 N–H and O–H groups in total. The predicted octanol–water partition coefficient (Wildman–Crippen LogP) is 2.45. The second-order valence-electron chi connectivity index (χ2n) is 8.61. The maximum atomic E-state index is 12.6. The first-order valence-electron chi connectivity index (χ1n) is 10.4. The van der Waals surface area contributed by atoms with Crippen LogP contribution >= 0.6 is 11.6 Å². The molecule has 0 bridgehead atoms. The Labute approximate surface area is 187 Å². The summed E-state index contributed by atoms with van der Waals surface area (Å²) in [4.78, 5) is 30.7. The molecule has 1 aromatic heterocycles. The highest BCUT2D eigenvalue weighted by Crippen LogP contribution is 2.13. The van der Waals surface area contributed by atoms with Gasteiger partial charge in [-0.3, -0.25) is 4.79 Å². The van der Waals surface area contributed by atoms with Crippen LogP contribution in [0.5, 0.6) is 0 Å². The molecule has 1 atom stereocenters. The molecule has 3 rings (SSSR count). The smallest absolute Gasteiger partial charge is 0.410 e. The van der Waals surface area contributed by atoms with Gasteiger partial charge in [-0.25, -0.2) is 9.78 Å². The number of carbonyl (C=O) groups is 2. The van der Waals surface area contributed by atoms with E-state index in [1.165, 1.54) is 0 Å². The molecule has 2 heterocycles. The molecule has 0 saturated carbocycles. The molecule has 8 nitrogen and oxygen atoms in total. The van der Waals surface area contributed by atoms with E-state index in [1.54, 1.807) is 11.2 Å². The molecule has 1 aliphatic heterocycles. The van der Waals surface area contributed by atoms with Gasteiger partial charge in [0.25, 0.3) is 0 Å². The highest BCUT2D eigenvalue weighted by atomic mass is 35.5. The second-order valence-corrected chi connectivity index (χ2v) is 9.05. The summed E-state index contributed by atoms with van der Waals surface area (Å²) in [7, 11) is 0. The van der Waals surface area contributed by atoms with Crippen LogP contribution in [0.3, 0.4) is 0 Å². The lowest BCUT2D eigenvalue weighted by Gasteiger charge is -2.34. The van der Waals surface area contributed by atoms with Crippen molar-refractivity contribution in [3.05, 3.63) is 53.1 Å². The number of ether oxygens (including phenoxy) is 1. The first kappa shape index (κ1) is 23.1. The zero-order valence-corrected chi connectivity index (χ0v) is 19.0. The number of benzene rings is 1. The van der Waals surface area contributed by atoms with Crippen LogP contribution in [0.4, 0.5) is 4.79 Å². The Morgan fingerprint density at radius 2 is 2.03 bits per heavy atom. The van der Waals surface area contributed by atoms with Crippen molar-refractivity contribution in [1.82, 2.24) is 25.1 Å². The fraction of sp³-hybridized carbons (Fsp3) is 0.500. The molecule has 0 spiro atoms. The minimum Gasteiger partial charge on any atom is -0.444 e. The molecule has 0 radical (unpaired) electrons. The number of carbonyl (C=O) groups excluding carboxylic acids is 2. The van der Waals surface area contributed by atoms with E-state index in [0.717, 1.165) is 11.3 Å². The van der Waals surface area contributed by atoms with E-state index in [-0.39, 0.29) is 12.5 Å². The Morgan fingerprint density at radius 3 is 2.74 bits per heavy atom. The normalized spacial score (nSPS) is 16.8. The number of aromatic nitrogens is 2. The summed E-state index contributed by atoms with van der Waals surface area (Å²) in [6.45, 7) is 8.01. The lowest BCUT2D eigenvalue weighted by atomic mass is 10.2. The molecule has 2 aromatic rings. The number of amides is 2. The van der Waals surface area contributed by atoms with E-state index >= 15 is 0 Å². The number of hydrogen-bond acceptors (Lipinski definition) is 5. The average Bonchev–Trinajstić information content (AvgIpc) is 3.15. The summed E-state index contributed by atoms with van der Waals surface area (Å²) >= 11 is 5.95. The highest BCUT2D eigenvalue weighted by molar-refractivity contribution is 6.30. The number of halogens is 1. The SMILES string of the molecule is CC(C)(C)OC(=O)N1CCNC(C(=O)NCCc2cncn2Cc2ccc(Cl)cc2)C1. The summed E-state index contributed by atoms with van der Waals surface area (Å²) < 4.78 is 7.47. The highest BCUT2D eigenvalue weighted by Gasteiger charge is 2.30. The summed E-state index contributed by atoms with van der Waals surface area (Å²) in [5.74, 6) is -0.128. The minimum absolute atomic E-state index is 0.128. The van der Waals surface area contributed by atoms with Crippen molar-refractivity contribution in [2.45, 2.75) is 45.4 Å². The minimum atomic E-state index is -0.561. The predicted molar refractivity (Wildman–Crippen MR) is 119 cm³/mol. The molecule has 1 fully saturated rings. The molecule has 168 valence electrons. The van der Waals surface area contributed by atoms with Gasteiger partial charge >= 0.3 is 6.09 Å². The van der Waals surface area contributed by atoms with Gasteiger partial charge in [0.05, 0.1) is 6.33 Å². The lowest BCUT2D eigenvalue weighted by Crippen LogP contribution is -2.59. The molecule has 2 amide bonds. The molecular weight excluding hydrogens is 418 g/mol. The summed E-state index contributed by atoms with van der Waals surface area (Å²) in [6.07, 6.45) is 3.86. The van der Waals surface area contributed by atoms with Gasteiger partial charge in [0.2, 0.25) is 5.91 Å². The van der Waals surface area contributed by atoms with Crippen LogP contribution in [0.2, 0.25) is 5.02 Å². The number of nitrogens with zero attached hydrogens (tertiary/aromatic N) is 3. The van der Waals surface area contributed by atoms with Crippen LogP contribution < -0.4 is 10.6 Å². The van der Waals surface area contributed by atoms with Gasteiger partial charge in [-0.15, -0.1) is 0 Å². The third kappa shape index (κ3) is 6.97. The van der Waals surface area contributed by atoms with E-state index in [1.807, 2.05) is 51.2 Å². The van der Waals surface area contributed by atoms with E-state index in [0.29, 0.717) is 37.6 Å². The van der Waals surface area contributed by atoms with Crippen LogP contribution in [-0.2, 0) is 22.5 Å². The fourth-order valence-electron chi connectivity index (χ4n) is 3.34. The van der Waals surface area contributed by atoms with Crippen LogP contribution in [-0.4, -0.2) is 64.3 Å². The maximum Gasteiger partial charge on any atom is 0.410 e. The van der Waals surface area contributed by atoms with Crippen LogP contribution in [0.25, 0.3) is 0 Å². The van der Waals surface area contributed by atoms with Crippen molar-refractivity contribution in [2.24, 2.45) is 0 Å². The van der Waals surface area contributed by atoms with Crippen molar-refractivity contribution in [3.63, 3.8) is 0 Å². The molecule has 31 heavy (non-hydrogen) atoms. The van der Waals surface area contributed by atoms with E-state index in [4.69, 9.17) is 16.3 Å². The quantitative estimate of drug-likeness (QED) is 0.710. The topological polar surface area (TPSA) is 88.5 Å². The largest absolute Gasteiger partial charge is 0.444 e. The summed E-state index contributed by atoms with van der Waals surface area (Å²) in [5, 5.41) is 6.83. The maximum absolute atomic E-state index is 12.6. The monoisotopic (exact) mass is 447 g/mol. The van der Waals surface area contributed by atoms with Gasteiger partial charge in [0.1, 0.15) is 11.6 Å². The van der Waals surface area contributed by atoms with Gasteiger partial charge < -0.3 is 24.8 Å². The molecule has 9 heteroatoms. The Morgan fingerprint density at radius 1 is 1.29 bits per heavy atom. The number of imidazole rings is 1. The van der Waals surface area contributed by atoms with Gasteiger partial charge in [-0.1, -0.05) is 23.7 Å². The lowest BCUT2D eigenvalue weighted by molar-refractivity contribution is -0.124. The van der Waals surface area contributed by atoms with E-state index in [9.17, 15) is 9.59 Å². The number of hydrogen-bond donors (Lipinski definition) is 2. The fourth-order valence-corrected chi connectivity index (χ4v) is 3.47. The van der Waals surface area contributed by atoms with Crippen molar-refractivity contribution < 1.29 is 14.3 Å². The van der Waals surface area contributed by atoms with Crippen LogP contribution in [0.15, 0.2) is 36.8 Å². The second kappa shape index (κ2) is 10.2. The zero-order chi connectivity index (χ0) is 22.4. The summed E-state index contributed by atoms with van der Waals surface area (Å²) in [5.41, 5.74) is 1.60. The number of nitrogens with one attached hydrogen (secondary N) is 2. The van der Waals surface area contributed by atoms with Crippen molar-refractivity contribution >= 4 is 23.6 Å². The Bertz CT molecular complexity index is 891. The van der Waals surface area contributed by atoms with Crippen molar-refractivity contribution in [2.75, 3.05) is 26.2 Å². The standard InChI is InChI=1S/C22H30ClN5O3/c1-22(2,3)31-21(30)27-11-10-25-19(14-27)20(29)26-9-8-18-12-24-15-28(18)13-16-4-6-17(23)7-5-16/h4-7,12,15,19,25H,8-11,13-14H2,1-3H3,(H,26,29). The van der Waals surface area contributed by atoms with E-state index in [2.05, 4.69) is 20.2 Å². The third-order valence-electron chi connectivity index (χ3n) is 4.89. The Balaban J connectivity index is 1.47. The summed E-state index contributed by atoms with van der Waals surface area (Å²) in [6, 6.07) is 7.25. The molecule has 0 aliphatic carbocycles. The van der Waals surface area contributed by atoms with Crippen molar-refractivity contribution in [1.29, 1.82) is 0 Å². The Hall–Kier alpha value is -2.58. The molecule has 1 saturated heterocycles. The van der Waals surface area contributed by atoms with Crippen LogP contribution in [0, 0.1) is 0 Å². The Kier molecular flexibility index (Phi) is 7.56. The van der Waals surface area contributed by atoms with Gasteiger partial charge in [-0.2, -0.15) is 0 Å². The third-order valence-corrected chi connectivity index (χ3v) is 5.14. The van der Waals surface area contributed by atoms with Gasteiger partial charge in [0, 0.05) is 56.1 Å². The number of rotatable bonds is 6. The molecule has 1 aliphatic rings. The van der Waals surface area contributed by atoms with Crippen molar-refractivity contribution in [3.8, 4) is 0 Å². The molecular formula is C22H30ClN5O3. The van der Waals surface area contributed by atoms with Gasteiger partial charge in [-0.05, 0) is 38.5 Å². The molecule has 1 aromatic carbocycles. The average molecular weight is 448 g/mol. The van der Waals surface area contributed by atoms with Crippen LogP contribution in [0.1, 0.15) is 32.0 Å².